The van der Waals surface area contributed by atoms with Crippen molar-refractivity contribution in [1.82, 2.24) is 10.1 Å². The molecule has 32 heavy (non-hydrogen) atoms. The number of urea groups is 1. The highest BCUT2D eigenvalue weighted by Gasteiger charge is 2.35. The van der Waals surface area contributed by atoms with Crippen molar-refractivity contribution in [3.8, 4) is 5.75 Å². The van der Waals surface area contributed by atoms with E-state index in [0.717, 1.165) is 17.7 Å². The lowest BCUT2D eigenvalue weighted by Gasteiger charge is -2.33. The van der Waals surface area contributed by atoms with Crippen LogP contribution in [-0.2, 0) is 0 Å². The Bertz CT molecular complexity index is 936. The van der Waals surface area contributed by atoms with Gasteiger partial charge in [-0.25, -0.2) is 13.6 Å². The maximum atomic E-state index is 13.3. The highest BCUT2D eigenvalue weighted by Crippen LogP contribution is 2.36. The summed E-state index contributed by atoms with van der Waals surface area (Å²) < 4.78 is 37.3. The van der Waals surface area contributed by atoms with Crippen LogP contribution in [0, 0.1) is 11.8 Å². The van der Waals surface area contributed by atoms with Crippen LogP contribution < -0.4 is 10.1 Å². The molecular formula is C24H29F2N3O3. The summed E-state index contributed by atoms with van der Waals surface area (Å²) in [6.45, 7) is 3.86. The Morgan fingerprint density at radius 2 is 2.19 bits per heavy atom. The van der Waals surface area contributed by atoms with Crippen LogP contribution in [-0.4, -0.2) is 41.7 Å². The molecule has 1 saturated carbocycles. The van der Waals surface area contributed by atoms with E-state index in [9.17, 15) is 13.6 Å². The zero-order valence-electron chi connectivity index (χ0n) is 18.2. The van der Waals surface area contributed by atoms with Crippen molar-refractivity contribution in [3.63, 3.8) is 0 Å². The third-order valence-corrected chi connectivity index (χ3v) is 6.30. The first-order chi connectivity index (χ1) is 15.4. The van der Waals surface area contributed by atoms with Crippen LogP contribution in [0.2, 0.25) is 0 Å². The predicted molar refractivity (Wildman–Crippen MR) is 118 cm³/mol. The Labute approximate surface area is 186 Å². The van der Waals surface area contributed by atoms with Gasteiger partial charge in [0.05, 0.1) is 12.8 Å². The largest absolute Gasteiger partial charge is 0.493 e. The molecule has 1 aliphatic heterocycles. The molecule has 172 valence electrons. The maximum Gasteiger partial charge on any atom is 0.322 e. The number of carbonyl (C=O) groups is 1. The van der Waals surface area contributed by atoms with E-state index in [0.29, 0.717) is 38.2 Å². The van der Waals surface area contributed by atoms with E-state index in [1.807, 2.05) is 24.3 Å². The quantitative estimate of drug-likeness (QED) is 0.628. The Kier molecular flexibility index (Phi) is 6.77. The fourth-order valence-corrected chi connectivity index (χ4v) is 4.31. The van der Waals surface area contributed by atoms with Crippen molar-refractivity contribution in [2.45, 2.75) is 45.0 Å². The molecular weight excluding hydrogens is 416 g/mol. The summed E-state index contributed by atoms with van der Waals surface area (Å²) in [6, 6.07) is 7.71. The van der Waals surface area contributed by atoms with E-state index in [4.69, 9.17) is 9.26 Å². The van der Waals surface area contributed by atoms with Gasteiger partial charge >= 0.3 is 6.03 Å². The minimum atomic E-state index is -2.51. The zero-order valence-corrected chi connectivity index (χ0v) is 18.2. The molecule has 1 saturated heterocycles. The number of ether oxygens (including phenoxy) is 1. The fraction of sp³-hybridized carbons (Fsp3) is 0.500. The van der Waals surface area contributed by atoms with Crippen molar-refractivity contribution in [2.24, 2.45) is 11.8 Å². The number of hydrogen-bond donors (Lipinski definition) is 1. The number of halogens is 2. The Morgan fingerprint density at radius 3 is 2.91 bits per heavy atom. The fourth-order valence-electron chi connectivity index (χ4n) is 4.31. The number of anilines is 1. The number of likely N-dealkylation sites (tertiary alicyclic amines) is 1. The molecule has 0 radical (unpaired) electrons. The number of benzene rings is 1. The van der Waals surface area contributed by atoms with Gasteiger partial charge in [0, 0.05) is 25.9 Å². The number of carbonyl (C=O) groups excluding carboxylic acids is 1. The van der Waals surface area contributed by atoms with Crippen LogP contribution in [0.1, 0.15) is 44.6 Å². The summed E-state index contributed by atoms with van der Waals surface area (Å²) in [7, 11) is 0. The van der Waals surface area contributed by atoms with E-state index < -0.39 is 5.92 Å². The first kappa shape index (κ1) is 22.3. The summed E-state index contributed by atoms with van der Waals surface area (Å²) in [5, 5.41) is 6.37. The van der Waals surface area contributed by atoms with Crippen LogP contribution in [0.5, 0.6) is 5.75 Å². The monoisotopic (exact) mass is 445 g/mol. The molecule has 1 N–H and O–H groups in total. The van der Waals surface area contributed by atoms with E-state index in [1.54, 1.807) is 4.90 Å². The first-order valence-electron chi connectivity index (χ1n) is 11.1. The average molecular weight is 446 g/mol. The van der Waals surface area contributed by atoms with Gasteiger partial charge in [0.2, 0.25) is 5.92 Å². The number of nitrogens with zero attached hydrogens (tertiary/aromatic N) is 2. The van der Waals surface area contributed by atoms with Crippen molar-refractivity contribution in [2.75, 3.05) is 25.0 Å². The number of hydrogen-bond acceptors (Lipinski definition) is 4. The molecule has 8 heteroatoms. The van der Waals surface area contributed by atoms with Crippen LogP contribution >= 0.6 is 0 Å². The van der Waals surface area contributed by atoms with Gasteiger partial charge in [0.1, 0.15) is 17.7 Å². The molecule has 1 aliphatic carbocycles. The van der Waals surface area contributed by atoms with Crippen molar-refractivity contribution < 1.29 is 22.8 Å². The van der Waals surface area contributed by atoms with Gasteiger partial charge in [-0.1, -0.05) is 35.9 Å². The third-order valence-electron chi connectivity index (χ3n) is 6.30. The number of alkyl halides is 2. The molecule has 4 rings (SSSR count). The summed E-state index contributed by atoms with van der Waals surface area (Å²) in [5.74, 6) is -1.34. The third kappa shape index (κ3) is 5.87. The minimum absolute atomic E-state index is 0.0426. The second kappa shape index (κ2) is 9.71. The normalized spacial score (nSPS) is 22.7. The van der Waals surface area contributed by atoms with Gasteiger partial charge in [0.15, 0.2) is 0 Å². The van der Waals surface area contributed by atoms with Crippen molar-refractivity contribution >= 4 is 17.8 Å². The molecule has 2 aliphatic rings. The van der Waals surface area contributed by atoms with Gasteiger partial charge in [-0.05, 0) is 48.8 Å². The molecule has 1 atom stereocenters. The van der Waals surface area contributed by atoms with E-state index in [-0.39, 0.29) is 30.7 Å². The average Bonchev–Trinajstić information content (AvgIpc) is 3.28. The second-order valence-electron chi connectivity index (χ2n) is 8.84. The molecule has 2 heterocycles. The predicted octanol–water partition coefficient (Wildman–Crippen LogP) is 5.84. The Hall–Kier alpha value is -2.90. The molecule has 1 unspecified atom stereocenters. The Balaban J connectivity index is 1.30. The van der Waals surface area contributed by atoms with E-state index in [2.05, 4.69) is 23.5 Å². The number of nitrogens with one attached hydrogen (secondary N) is 1. The van der Waals surface area contributed by atoms with Gasteiger partial charge in [-0.3, -0.25) is 0 Å². The van der Waals surface area contributed by atoms with Gasteiger partial charge < -0.3 is 19.5 Å². The second-order valence-corrected chi connectivity index (χ2v) is 8.84. The summed E-state index contributed by atoms with van der Waals surface area (Å²) in [5.41, 5.74) is 2.87. The lowest BCUT2D eigenvalue weighted by atomic mass is 9.87. The number of amides is 2. The highest BCUT2D eigenvalue weighted by molar-refractivity contribution is 5.89. The van der Waals surface area contributed by atoms with Crippen molar-refractivity contribution in [3.05, 3.63) is 47.9 Å². The molecule has 0 spiro atoms. The van der Waals surface area contributed by atoms with E-state index >= 15 is 0 Å². The molecule has 1 aromatic carbocycles. The van der Waals surface area contributed by atoms with Crippen LogP contribution in [0.25, 0.3) is 6.08 Å². The number of rotatable bonds is 5. The van der Waals surface area contributed by atoms with Crippen molar-refractivity contribution in [1.29, 1.82) is 0 Å². The van der Waals surface area contributed by atoms with Crippen LogP contribution in [0.4, 0.5) is 19.3 Å². The topological polar surface area (TPSA) is 67.6 Å². The summed E-state index contributed by atoms with van der Waals surface area (Å²) >= 11 is 0. The molecule has 2 fully saturated rings. The first-order valence-corrected chi connectivity index (χ1v) is 11.1. The van der Waals surface area contributed by atoms with Gasteiger partial charge in [-0.15, -0.1) is 0 Å². The van der Waals surface area contributed by atoms with Crippen LogP contribution in [0.15, 0.2) is 46.8 Å². The lowest BCUT2D eigenvalue weighted by Crippen LogP contribution is -2.42. The zero-order chi connectivity index (χ0) is 22.6. The maximum absolute atomic E-state index is 13.3. The lowest BCUT2D eigenvalue weighted by molar-refractivity contribution is -0.0498. The number of aromatic nitrogens is 1. The standard InChI is InChI=1S/C24H29F2N3O3/c1-17-14-29(23(30)28-21-13-27-32-16-21)10-7-20(17)11-19-3-2-4-22(12-19)31-15-18-5-8-24(25,26)9-6-18/h2-4,11-13,16-18H,5-10,14-15H2,1H3,(H,28,30)/b20-11+. The molecule has 2 aromatic rings. The summed E-state index contributed by atoms with van der Waals surface area (Å²) in [4.78, 5) is 14.2. The van der Waals surface area contributed by atoms with Gasteiger partial charge in [0.25, 0.3) is 0 Å². The smallest absolute Gasteiger partial charge is 0.322 e. The minimum Gasteiger partial charge on any atom is -0.493 e. The molecule has 1 aromatic heterocycles. The number of piperidine rings is 1. The molecule has 6 nitrogen and oxygen atoms in total. The van der Waals surface area contributed by atoms with Gasteiger partial charge in [-0.2, -0.15) is 0 Å². The SMILES string of the molecule is CC1CN(C(=O)Nc2cnoc2)CC/C1=C\c1cccc(OCC2CCC(F)(F)CC2)c1. The highest BCUT2D eigenvalue weighted by atomic mass is 19.3. The van der Waals surface area contributed by atoms with E-state index in [1.165, 1.54) is 18.0 Å². The Morgan fingerprint density at radius 1 is 1.38 bits per heavy atom. The van der Waals surface area contributed by atoms with Crippen LogP contribution in [0.3, 0.4) is 0 Å². The summed E-state index contributed by atoms with van der Waals surface area (Å²) in [6.07, 6.45) is 6.75. The molecule has 0 bridgehead atoms. The molecule has 2 amide bonds.